The number of carboxylic acids is 1. The van der Waals surface area contributed by atoms with Crippen molar-refractivity contribution in [3.63, 3.8) is 0 Å². The Hall–Kier alpha value is -2.35. The Balaban J connectivity index is 1.98. The van der Waals surface area contributed by atoms with E-state index >= 15 is 0 Å². The molecule has 0 bridgehead atoms. The van der Waals surface area contributed by atoms with E-state index in [9.17, 15) is 14.0 Å². The van der Waals surface area contributed by atoms with Gasteiger partial charge in [-0.3, -0.25) is 9.59 Å². The third-order valence-electron chi connectivity index (χ3n) is 2.32. The second-order valence-electron chi connectivity index (χ2n) is 3.86. The van der Waals surface area contributed by atoms with Crippen molar-refractivity contribution in [3.8, 4) is 0 Å². The van der Waals surface area contributed by atoms with Crippen molar-refractivity contribution in [2.24, 2.45) is 0 Å². The number of nitrogens with zero attached hydrogens (tertiary/aromatic N) is 2. The van der Waals surface area contributed by atoms with Crippen LogP contribution in [0.4, 0.5) is 10.1 Å². The van der Waals surface area contributed by atoms with Crippen LogP contribution in [0.15, 0.2) is 24.3 Å². The van der Waals surface area contributed by atoms with Crippen molar-refractivity contribution in [2.75, 3.05) is 5.32 Å². The van der Waals surface area contributed by atoms with Crippen LogP contribution in [0, 0.1) is 5.82 Å². The lowest BCUT2D eigenvalue weighted by Crippen LogP contribution is -2.11. The minimum absolute atomic E-state index is 0.0613. The molecule has 20 heavy (non-hydrogen) atoms. The summed E-state index contributed by atoms with van der Waals surface area (Å²) < 4.78 is 12.7. The summed E-state index contributed by atoms with van der Waals surface area (Å²) in [5, 5.41) is 19.2. The van der Waals surface area contributed by atoms with E-state index in [1.54, 1.807) is 0 Å². The number of carboxylic acid groups (broad SMARTS) is 1. The lowest BCUT2D eigenvalue weighted by molar-refractivity contribution is -0.136. The highest BCUT2D eigenvalue weighted by atomic mass is 32.1. The quantitative estimate of drug-likeness (QED) is 0.879. The Morgan fingerprint density at radius 1 is 1.25 bits per heavy atom. The van der Waals surface area contributed by atoms with Gasteiger partial charge in [0, 0.05) is 12.1 Å². The molecule has 0 spiro atoms. The molecule has 0 aliphatic heterocycles. The number of amides is 1. The molecule has 6 nitrogen and oxygen atoms in total. The van der Waals surface area contributed by atoms with Crippen LogP contribution < -0.4 is 5.32 Å². The fraction of sp³-hybridized carbons (Fsp3) is 0.167. The summed E-state index contributed by atoms with van der Waals surface area (Å²) >= 11 is 1.03. The summed E-state index contributed by atoms with van der Waals surface area (Å²) in [4.78, 5) is 22.3. The number of aryl methyl sites for hydroxylation is 1. The van der Waals surface area contributed by atoms with Crippen molar-refractivity contribution in [1.29, 1.82) is 0 Å². The van der Waals surface area contributed by atoms with E-state index in [0.29, 0.717) is 10.7 Å². The Bertz CT molecular complexity index is 627. The highest BCUT2D eigenvalue weighted by Gasteiger charge is 2.13. The van der Waals surface area contributed by atoms with Crippen LogP contribution in [0.3, 0.4) is 0 Å². The van der Waals surface area contributed by atoms with Crippen LogP contribution in [0.25, 0.3) is 0 Å². The molecule has 2 rings (SSSR count). The second kappa shape index (κ2) is 6.20. The summed E-state index contributed by atoms with van der Waals surface area (Å²) in [5.74, 6) is -1.79. The molecular weight excluding hydrogens is 285 g/mol. The number of hydrogen-bond acceptors (Lipinski definition) is 5. The lowest BCUT2D eigenvalue weighted by Gasteiger charge is -2.01. The lowest BCUT2D eigenvalue weighted by atomic mass is 10.3. The monoisotopic (exact) mass is 295 g/mol. The molecule has 0 fully saturated rings. The maximum atomic E-state index is 12.7. The third kappa shape index (κ3) is 3.82. The number of nitrogens with one attached hydrogen (secondary N) is 1. The van der Waals surface area contributed by atoms with Crippen LogP contribution in [-0.2, 0) is 11.2 Å². The molecule has 2 N–H and O–H groups in total. The zero-order valence-corrected chi connectivity index (χ0v) is 11.0. The number of aromatic nitrogens is 2. The normalized spacial score (nSPS) is 10.2. The fourth-order valence-corrected chi connectivity index (χ4v) is 2.11. The number of anilines is 1. The average molecular weight is 295 g/mol. The van der Waals surface area contributed by atoms with Crippen molar-refractivity contribution in [2.45, 2.75) is 12.8 Å². The Morgan fingerprint density at radius 2 is 1.95 bits per heavy atom. The maximum Gasteiger partial charge on any atom is 0.303 e. The van der Waals surface area contributed by atoms with Crippen LogP contribution in [0.2, 0.25) is 0 Å². The van der Waals surface area contributed by atoms with Gasteiger partial charge in [-0.15, -0.1) is 10.2 Å². The maximum absolute atomic E-state index is 12.7. The van der Waals surface area contributed by atoms with Gasteiger partial charge in [0.25, 0.3) is 5.91 Å². The van der Waals surface area contributed by atoms with E-state index < -0.39 is 17.7 Å². The van der Waals surface area contributed by atoms with Gasteiger partial charge >= 0.3 is 5.97 Å². The molecule has 1 aromatic heterocycles. The number of aliphatic carboxylic acids is 1. The van der Waals surface area contributed by atoms with E-state index in [-0.39, 0.29) is 17.8 Å². The van der Waals surface area contributed by atoms with Gasteiger partial charge in [-0.25, -0.2) is 4.39 Å². The molecule has 0 aliphatic carbocycles. The SMILES string of the molecule is O=C(O)CCc1nnc(C(=O)Nc2ccc(F)cc2)s1. The number of benzene rings is 1. The summed E-state index contributed by atoms with van der Waals surface area (Å²) in [6, 6.07) is 5.32. The molecule has 0 unspecified atom stereocenters. The third-order valence-corrected chi connectivity index (χ3v) is 3.30. The number of carbonyl (C=O) groups is 2. The Labute approximate surface area is 117 Å². The minimum atomic E-state index is -0.933. The molecule has 104 valence electrons. The van der Waals surface area contributed by atoms with Gasteiger partial charge in [0.15, 0.2) is 0 Å². The number of hydrogen-bond donors (Lipinski definition) is 2. The summed E-state index contributed by atoms with van der Waals surface area (Å²) in [7, 11) is 0. The van der Waals surface area contributed by atoms with Gasteiger partial charge in [0.2, 0.25) is 5.01 Å². The van der Waals surface area contributed by atoms with Gasteiger partial charge in [0.1, 0.15) is 10.8 Å². The highest BCUT2D eigenvalue weighted by Crippen LogP contribution is 2.15. The highest BCUT2D eigenvalue weighted by molar-refractivity contribution is 7.13. The summed E-state index contributed by atoms with van der Waals surface area (Å²) in [6.07, 6.45) is 0.172. The van der Waals surface area contributed by atoms with E-state index in [0.717, 1.165) is 11.3 Å². The predicted molar refractivity (Wildman–Crippen MR) is 70.2 cm³/mol. The smallest absolute Gasteiger partial charge is 0.303 e. The first-order chi connectivity index (χ1) is 9.54. The van der Waals surface area contributed by atoms with Crippen molar-refractivity contribution in [1.82, 2.24) is 10.2 Å². The molecule has 1 amide bonds. The molecule has 1 aromatic carbocycles. The first kappa shape index (κ1) is 14.1. The van der Waals surface area contributed by atoms with E-state index in [4.69, 9.17) is 5.11 Å². The van der Waals surface area contributed by atoms with E-state index in [2.05, 4.69) is 15.5 Å². The van der Waals surface area contributed by atoms with Gasteiger partial charge < -0.3 is 10.4 Å². The topological polar surface area (TPSA) is 92.2 Å². The molecule has 0 saturated carbocycles. The molecule has 0 radical (unpaired) electrons. The van der Waals surface area contributed by atoms with Crippen molar-refractivity contribution in [3.05, 3.63) is 40.1 Å². The standard InChI is InChI=1S/C12H10FN3O3S/c13-7-1-3-8(4-2-7)14-11(19)12-16-15-9(20-12)5-6-10(17)18/h1-4H,5-6H2,(H,14,19)(H,17,18). The van der Waals surface area contributed by atoms with Crippen LogP contribution in [-0.4, -0.2) is 27.2 Å². The van der Waals surface area contributed by atoms with Gasteiger partial charge in [-0.05, 0) is 24.3 Å². The van der Waals surface area contributed by atoms with Gasteiger partial charge in [-0.2, -0.15) is 0 Å². The molecular formula is C12H10FN3O3S. The summed E-state index contributed by atoms with van der Waals surface area (Å²) in [5.41, 5.74) is 0.443. The van der Waals surface area contributed by atoms with Crippen LogP contribution >= 0.6 is 11.3 Å². The van der Waals surface area contributed by atoms with E-state index in [1.807, 2.05) is 0 Å². The second-order valence-corrected chi connectivity index (χ2v) is 4.92. The fourth-order valence-electron chi connectivity index (χ4n) is 1.38. The van der Waals surface area contributed by atoms with Gasteiger partial charge in [0.05, 0.1) is 6.42 Å². The minimum Gasteiger partial charge on any atom is -0.481 e. The summed E-state index contributed by atoms with van der Waals surface area (Å²) in [6.45, 7) is 0. The largest absolute Gasteiger partial charge is 0.481 e. The molecule has 0 aliphatic rings. The zero-order valence-electron chi connectivity index (χ0n) is 10.2. The number of carbonyl (C=O) groups excluding carboxylic acids is 1. The molecule has 0 saturated heterocycles. The number of halogens is 1. The zero-order chi connectivity index (χ0) is 14.5. The average Bonchev–Trinajstić information content (AvgIpc) is 2.88. The number of rotatable bonds is 5. The Morgan fingerprint density at radius 3 is 2.60 bits per heavy atom. The Kier molecular flexibility index (Phi) is 4.36. The van der Waals surface area contributed by atoms with Crippen molar-refractivity contribution < 1.29 is 19.1 Å². The van der Waals surface area contributed by atoms with Crippen molar-refractivity contribution >= 4 is 28.9 Å². The van der Waals surface area contributed by atoms with Crippen LogP contribution in [0.1, 0.15) is 21.2 Å². The molecule has 2 aromatic rings. The first-order valence-corrected chi connectivity index (χ1v) is 6.47. The first-order valence-electron chi connectivity index (χ1n) is 5.65. The molecule has 0 atom stereocenters. The van der Waals surface area contributed by atoms with Crippen LogP contribution in [0.5, 0.6) is 0 Å². The van der Waals surface area contributed by atoms with Gasteiger partial charge in [-0.1, -0.05) is 11.3 Å². The van der Waals surface area contributed by atoms with E-state index in [1.165, 1.54) is 24.3 Å². The molecule has 8 heteroatoms. The molecule has 1 heterocycles. The predicted octanol–water partition coefficient (Wildman–Crippen LogP) is 1.95.